The van der Waals surface area contributed by atoms with E-state index in [0.29, 0.717) is 56.6 Å². The van der Waals surface area contributed by atoms with Gasteiger partial charge < -0.3 is 16.4 Å². The van der Waals surface area contributed by atoms with Gasteiger partial charge in [-0.05, 0) is 85.7 Å². The fourth-order valence-corrected chi connectivity index (χ4v) is 6.95. The van der Waals surface area contributed by atoms with Gasteiger partial charge in [-0.25, -0.2) is 8.42 Å². The molecule has 1 aromatic carbocycles. The Morgan fingerprint density at radius 3 is 2.48 bits per heavy atom. The van der Waals surface area contributed by atoms with E-state index in [1.165, 1.54) is 4.31 Å². The summed E-state index contributed by atoms with van der Waals surface area (Å²) in [6, 6.07) is 5.56. The Labute approximate surface area is 259 Å². The molecular weight excluding hydrogens is 618 g/mol. The third-order valence-corrected chi connectivity index (χ3v) is 9.99. The van der Waals surface area contributed by atoms with Crippen molar-refractivity contribution in [3.05, 3.63) is 58.2 Å². The number of nitrogens with one attached hydrogen (secondary N) is 2. The highest BCUT2D eigenvalue weighted by atomic mass is 79.9. The second-order valence-corrected chi connectivity index (χ2v) is 14.2. The van der Waals surface area contributed by atoms with Crippen molar-refractivity contribution in [2.24, 2.45) is 10.9 Å². The third kappa shape index (κ3) is 10.2. The molecule has 0 saturated carbocycles. The van der Waals surface area contributed by atoms with Gasteiger partial charge in [0.25, 0.3) is 0 Å². The van der Waals surface area contributed by atoms with Crippen molar-refractivity contribution < 1.29 is 18.0 Å². The lowest BCUT2D eigenvalue weighted by molar-refractivity contribution is -0.127. The van der Waals surface area contributed by atoms with Crippen LogP contribution < -0.4 is 16.4 Å². The van der Waals surface area contributed by atoms with Crippen LogP contribution in [0.25, 0.3) is 0 Å². The van der Waals surface area contributed by atoms with Gasteiger partial charge in [0.05, 0.1) is 4.90 Å². The highest BCUT2D eigenvalue weighted by Gasteiger charge is 2.26. The lowest BCUT2D eigenvalue weighted by Crippen LogP contribution is -2.47. The summed E-state index contributed by atoms with van der Waals surface area (Å²) in [5.74, 6) is -0.330. The van der Waals surface area contributed by atoms with Crippen molar-refractivity contribution in [1.82, 2.24) is 14.9 Å². The standard InChI is InChI=1S/C31H44BrN5O4S/c1-22(2)21-37(42(40,41)27-15-13-26(33)14-16-27)18-8-4-7-17-34-31(39)29(19-24-9-5-6-10-28(24)32)36-30(38)25-12-11-23(3)35-20-25/h5,9,13-16,20,22,29H,4,6-8,10-12,17-19,21,33H2,1-3H3,(H,34,39)(H,36,38)/t29-/m0/s1. The van der Waals surface area contributed by atoms with Crippen LogP contribution in [0.1, 0.15) is 72.1 Å². The molecule has 42 heavy (non-hydrogen) atoms. The number of benzene rings is 1. The molecule has 4 N–H and O–H groups in total. The Kier molecular flexibility index (Phi) is 13.0. The number of hydrogen-bond acceptors (Lipinski definition) is 6. The summed E-state index contributed by atoms with van der Waals surface area (Å²) in [6.07, 6.45) is 11.3. The molecule has 230 valence electrons. The maximum Gasteiger partial charge on any atom is 0.249 e. The van der Waals surface area contributed by atoms with Gasteiger partial charge in [0.2, 0.25) is 21.8 Å². The quantitative estimate of drug-likeness (QED) is 0.175. The highest BCUT2D eigenvalue weighted by Crippen LogP contribution is 2.27. The number of aliphatic imine (C=N–C) groups is 1. The molecule has 1 aliphatic carbocycles. The Balaban J connectivity index is 1.54. The van der Waals surface area contributed by atoms with Crippen LogP contribution in [0.2, 0.25) is 0 Å². The molecule has 0 unspecified atom stereocenters. The first-order valence-corrected chi connectivity index (χ1v) is 16.9. The van der Waals surface area contributed by atoms with Crippen LogP contribution >= 0.6 is 15.9 Å². The molecule has 0 saturated heterocycles. The Hall–Kier alpha value is -2.76. The number of carbonyl (C=O) groups is 2. The molecule has 0 aromatic heterocycles. The van der Waals surface area contributed by atoms with Crippen LogP contribution in [-0.4, -0.2) is 55.9 Å². The molecule has 2 amide bonds. The van der Waals surface area contributed by atoms with E-state index < -0.39 is 16.1 Å². The molecule has 2 aliphatic rings. The second kappa shape index (κ2) is 16.2. The predicted octanol–water partition coefficient (Wildman–Crippen LogP) is 5.21. The number of unbranched alkanes of at least 4 members (excludes halogenated alkanes) is 2. The number of carbonyl (C=O) groups excluding carboxylic acids is 2. The number of nitrogens with zero attached hydrogens (tertiary/aromatic N) is 2. The molecule has 0 fully saturated rings. The number of hydrogen-bond donors (Lipinski definition) is 3. The smallest absolute Gasteiger partial charge is 0.249 e. The van der Waals surface area contributed by atoms with Gasteiger partial charge in [-0.15, -0.1) is 0 Å². The maximum absolute atomic E-state index is 13.2. The molecule has 9 nitrogen and oxygen atoms in total. The van der Waals surface area contributed by atoms with Crippen molar-refractivity contribution in [3.63, 3.8) is 0 Å². The SMILES string of the molecule is CC1=NC=C(C(=O)N[C@@H](CC2=C(Br)CCC=C2)C(=O)NCCCCCN(CC(C)C)S(=O)(=O)c2ccc(N)cc2)CC1. The van der Waals surface area contributed by atoms with E-state index in [4.69, 9.17) is 5.73 Å². The van der Waals surface area contributed by atoms with Gasteiger partial charge in [-0.3, -0.25) is 14.6 Å². The first-order chi connectivity index (χ1) is 20.0. The Morgan fingerprint density at radius 2 is 1.83 bits per heavy atom. The summed E-state index contributed by atoms with van der Waals surface area (Å²) in [6.45, 7) is 7.17. The molecule has 11 heteroatoms. The topological polar surface area (TPSA) is 134 Å². The Bertz CT molecular complexity index is 1330. The van der Waals surface area contributed by atoms with Crippen molar-refractivity contribution in [1.29, 1.82) is 0 Å². The average molecular weight is 663 g/mol. The number of sulfonamides is 1. The van der Waals surface area contributed by atoms with Crippen molar-refractivity contribution in [2.45, 2.75) is 83.1 Å². The van der Waals surface area contributed by atoms with Crippen LogP contribution in [0.4, 0.5) is 5.69 Å². The first-order valence-electron chi connectivity index (χ1n) is 14.7. The second-order valence-electron chi connectivity index (χ2n) is 11.3. The van der Waals surface area contributed by atoms with E-state index in [1.54, 1.807) is 30.5 Å². The zero-order valence-electron chi connectivity index (χ0n) is 24.9. The van der Waals surface area contributed by atoms with Gasteiger partial charge in [-0.1, -0.05) is 48.4 Å². The number of anilines is 1. The zero-order valence-corrected chi connectivity index (χ0v) is 27.3. The fourth-order valence-electron chi connectivity index (χ4n) is 4.78. The minimum Gasteiger partial charge on any atom is -0.399 e. The summed E-state index contributed by atoms with van der Waals surface area (Å²) >= 11 is 3.62. The van der Waals surface area contributed by atoms with Gasteiger partial charge in [-0.2, -0.15) is 4.31 Å². The van der Waals surface area contributed by atoms with Gasteiger partial charge >= 0.3 is 0 Å². The molecular formula is C31H44BrN5O4S. The molecule has 1 aromatic rings. The molecule has 1 heterocycles. The minimum atomic E-state index is -3.63. The molecule has 0 spiro atoms. The van der Waals surface area contributed by atoms with Crippen molar-refractivity contribution in [2.75, 3.05) is 25.4 Å². The van der Waals surface area contributed by atoms with Crippen LogP contribution in [0.5, 0.6) is 0 Å². The zero-order chi connectivity index (χ0) is 30.7. The monoisotopic (exact) mass is 661 g/mol. The summed E-state index contributed by atoms with van der Waals surface area (Å²) in [5, 5.41) is 5.91. The maximum atomic E-state index is 13.2. The van der Waals surface area contributed by atoms with E-state index in [2.05, 4.69) is 37.6 Å². The van der Waals surface area contributed by atoms with E-state index in [0.717, 1.165) is 41.5 Å². The molecule has 1 atom stereocenters. The van der Waals surface area contributed by atoms with Gasteiger partial charge in [0.15, 0.2) is 0 Å². The Morgan fingerprint density at radius 1 is 1.10 bits per heavy atom. The molecule has 0 bridgehead atoms. The molecule has 1 aliphatic heterocycles. The lowest BCUT2D eigenvalue weighted by Gasteiger charge is -2.24. The van der Waals surface area contributed by atoms with Gasteiger partial charge in [0, 0.05) is 49.2 Å². The van der Waals surface area contributed by atoms with Crippen LogP contribution in [0.3, 0.4) is 0 Å². The normalized spacial score (nSPS) is 16.3. The van der Waals surface area contributed by atoms with Crippen LogP contribution in [0.15, 0.2) is 68.1 Å². The number of rotatable bonds is 15. The number of halogens is 1. The average Bonchev–Trinajstić information content (AvgIpc) is 2.95. The van der Waals surface area contributed by atoms with E-state index >= 15 is 0 Å². The van der Waals surface area contributed by atoms with Crippen molar-refractivity contribution >= 4 is 49.2 Å². The number of nitrogens with two attached hydrogens (primary N) is 1. The van der Waals surface area contributed by atoms with E-state index in [-0.39, 0.29) is 22.6 Å². The van der Waals surface area contributed by atoms with E-state index in [1.807, 2.05) is 26.8 Å². The third-order valence-electron chi connectivity index (χ3n) is 7.20. The van der Waals surface area contributed by atoms with Crippen LogP contribution in [0, 0.1) is 5.92 Å². The molecule has 0 radical (unpaired) electrons. The number of amides is 2. The largest absolute Gasteiger partial charge is 0.399 e. The minimum absolute atomic E-state index is 0.175. The summed E-state index contributed by atoms with van der Waals surface area (Å²) in [7, 11) is -3.63. The number of nitrogen functional groups attached to an aromatic ring is 1. The number of allylic oxidation sites excluding steroid dienone is 3. The van der Waals surface area contributed by atoms with E-state index in [9.17, 15) is 18.0 Å². The molecule has 3 rings (SSSR count). The van der Waals surface area contributed by atoms with Crippen molar-refractivity contribution in [3.8, 4) is 0 Å². The summed E-state index contributed by atoms with van der Waals surface area (Å²) in [5.41, 5.74) is 8.81. The highest BCUT2D eigenvalue weighted by molar-refractivity contribution is 9.11. The summed E-state index contributed by atoms with van der Waals surface area (Å²) < 4.78 is 29.1. The van der Waals surface area contributed by atoms with Crippen LogP contribution in [-0.2, 0) is 19.6 Å². The predicted molar refractivity (Wildman–Crippen MR) is 173 cm³/mol. The summed E-state index contributed by atoms with van der Waals surface area (Å²) in [4.78, 5) is 30.7. The fraction of sp³-hybridized carbons (Fsp3) is 0.516. The van der Waals surface area contributed by atoms with Gasteiger partial charge in [0.1, 0.15) is 6.04 Å². The first kappa shape index (κ1) is 33.7. The lowest BCUT2D eigenvalue weighted by atomic mass is 9.98.